The minimum absolute atomic E-state index is 0.153. The van der Waals surface area contributed by atoms with E-state index in [1.165, 1.54) is 17.3 Å². The molecule has 7 nitrogen and oxygen atoms in total. The normalized spacial score (nSPS) is 11.5. The minimum Gasteiger partial charge on any atom is -0.338 e. The molecule has 0 unspecified atom stereocenters. The number of thioether (sulfide) groups is 1. The average Bonchev–Trinajstić information content (AvgIpc) is 3.41. The summed E-state index contributed by atoms with van der Waals surface area (Å²) in [4.78, 5) is 12.5. The molecule has 2 heterocycles. The lowest BCUT2D eigenvalue weighted by molar-refractivity contribution is -0.113. The fourth-order valence-corrected chi connectivity index (χ4v) is 3.81. The molecule has 164 valence electrons. The van der Waals surface area contributed by atoms with Crippen LogP contribution in [0.25, 0.3) is 17.1 Å². The lowest BCUT2D eigenvalue weighted by Crippen LogP contribution is -2.14. The summed E-state index contributed by atoms with van der Waals surface area (Å²) in [5, 5.41) is 16.2. The molecule has 1 amide bonds. The van der Waals surface area contributed by atoms with Gasteiger partial charge in [-0.2, -0.15) is 0 Å². The topological polar surface area (TPSA) is 85.8 Å². The van der Waals surface area contributed by atoms with Gasteiger partial charge in [-0.05, 0) is 19.1 Å². The quantitative estimate of drug-likeness (QED) is 0.406. The summed E-state index contributed by atoms with van der Waals surface area (Å²) in [6.07, 6.45) is 0. The van der Waals surface area contributed by atoms with Gasteiger partial charge in [0, 0.05) is 22.7 Å². The number of hydrogen-bond acceptors (Lipinski definition) is 6. The van der Waals surface area contributed by atoms with Crippen molar-refractivity contribution in [2.45, 2.75) is 38.3 Å². The Balaban J connectivity index is 1.54. The van der Waals surface area contributed by atoms with Crippen molar-refractivity contribution in [2.75, 3.05) is 11.1 Å². The van der Waals surface area contributed by atoms with Crippen molar-refractivity contribution in [2.24, 2.45) is 0 Å². The maximum absolute atomic E-state index is 12.5. The summed E-state index contributed by atoms with van der Waals surface area (Å²) in [5.41, 5.74) is 3.69. The van der Waals surface area contributed by atoms with Crippen molar-refractivity contribution in [3.05, 3.63) is 71.9 Å². The molecule has 1 N–H and O–H groups in total. The van der Waals surface area contributed by atoms with E-state index in [1.54, 1.807) is 6.07 Å². The first-order valence-electron chi connectivity index (χ1n) is 10.3. The van der Waals surface area contributed by atoms with Crippen molar-refractivity contribution in [1.82, 2.24) is 19.9 Å². The van der Waals surface area contributed by atoms with Gasteiger partial charge in [-0.25, -0.2) is 0 Å². The molecule has 8 heteroatoms. The molecule has 0 aliphatic carbocycles. The van der Waals surface area contributed by atoms with Crippen molar-refractivity contribution in [3.63, 3.8) is 0 Å². The van der Waals surface area contributed by atoms with E-state index in [0.29, 0.717) is 11.0 Å². The number of nitrogens with one attached hydrogen (secondary N) is 1. The largest absolute Gasteiger partial charge is 0.338 e. The van der Waals surface area contributed by atoms with Crippen molar-refractivity contribution in [1.29, 1.82) is 0 Å². The summed E-state index contributed by atoms with van der Waals surface area (Å²) in [7, 11) is 0. The monoisotopic (exact) mass is 447 g/mol. The molecule has 4 aromatic rings. The molecule has 0 aliphatic rings. The molecule has 0 radical (unpaired) electrons. The molecule has 4 rings (SSSR count). The number of nitrogens with zero attached hydrogens (tertiary/aromatic N) is 4. The van der Waals surface area contributed by atoms with Gasteiger partial charge in [0.25, 0.3) is 0 Å². The van der Waals surface area contributed by atoms with Gasteiger partial charge < -0.3 is 4.52 Å². The van der Waals surface area contributed by atoms with E-state index in [0.717, 1.165) is 22.8 Å². The van der Waals surface area contributed by atoms with Gasteiger partial charge in [-0.3, -0.25) is 14.7 Å². The van der Waals surface area contributed by atoms with Gasteiger partial charge in [0.15, 0.2) is 11.0 Å². The Labute approximate surface area is 191 Å². The van der Waals surface area contributed by atoms with E-state index < -0.39 is 0 Å². The maximum Gasteiger partial charge on any atom is 0.237 e. The van der Waals surface area contributed by atoms with Gasteiger partial charge >= 0.3 is 0 Å². The van der Waals surface area contributed by atoms with Gasteiger partial charge in [0.2, 0.25) is 11.8 Å². The fourth-order valence-electron chi connectivity index (χ4n) is 3.06. The molecule has 0 saturated carbocycles. The standard InChI is InChI=1S/C24H25N5O2S/c1-16-10-12-18(13-11-16)29-22(17-8-6-5-7-9-17)26-27-23(29)32-15-20(30)25-21-14-19(28-31-21)24(2,3)4/h5-14H,15H2,1-4H3,(H,25,30). The highest BCUT2D eigenvalue weighted by atomic mass is 32.2. The Morgan fingerprint density at radius 1 is 1.06 bits per heavy atom. The van der Waals surface area contributed by atoms with Gasteiger partial charge in [-0.15, -0.1) is 10.2 Å². The number of benzene rings is 2. The van der Waals surface area contributed by atoms with E-state index in [1.807, 2.05) is 86.9 Å². The zero-order valence-corrected chi connectivity index (χ0v) is 19.3. The number of amides is 1. The Morgan fingerprint density at radius 3 is 2.44 bits per heavy atom. The van der Waals surface area contributed by atoms with Crippen LogP contribution in [-0.2, 0) is 10.2 Å². The minimum atomic E-state index is -0.202. The SMILES string of the molecule is Cc1ccc(-n2c(SCC(=O)Nc3cc(C(C)(C)C)no3)nnc2-c2ccccc2)cc1. The molecule has 2 aromatic heterocycles. The van der Waals surface area contributed by atoms with Gasteiger partial charge in [-0.1, -0.05) is 85.7 Å². The number of aryl methyl sites for hydroxylation is 1. The highest BCUT2D eigenvalue weighted by Gasteiger charge is 2.21. The third-order valence-electron chi connectivity index (χ3n) is 4.83. The summed E-state index contributed by atoms with van der Waals surface area (Å²) in [5.74, 6) is 1.02. The van der Waals surface area contributed by atoms with Crippen molar-refractivity contribution in [3.8, 4) is 17.1 Å². The first-order valence-corrected chi connectivity index (χ1v) is 11.3. The predicted molar refractivity (Wildman–Crippen MR) is 126 cm³/mol. The Bertz CT molecular complexity index is 1210. The second kappa shape index (κ2) is 9.00. The maximum atomic E-state index is 12.5. The Hall–Kier alpha value is -3.39. The molecule has 0 atom stereocenters. The first-order chi connectivity index (χ1) is 15.3. The summed E-state index contributed by atoms with van der Waals surface area (Å²) < 4.78 is 7.23. The van der Waals surface area contributed by atoms with Gasteiger partial charge in [0.1, 0.15) is 0 Å². The van der Waals surface area contributed by atoms with Gasteiger partial charge in [0.05, 0.1) is 11.4 Å². The highest BCUT2D eigenvalue weighted by molar-refractivity contribution is 7.99. The number of anilines is 1. The van der Waals surface area contributed by atoms with Crippen molar-refractivity contribution >= 4 is 23.6 Å². The lowest BCUT2D eigenvalue weighted by atomic mass is 9.92. The van der Waals surface area contributed by atoms with E-state index in [-0.39, 0.29) is 17.1 Å². The number of aromatic nitrogens is 4. The van der Waals surface area contributed by atoms with E-state index in [9.17, 15) is 4.79 Å². The number of rotatable bonds is 6. The molecule has 32 heavy (non-hydrogen) atoms. The molecule has 0 spiro atoms. The van der Waals surface area contributed by atoms with Crippen LogP contribution in [0.1, 0.15) is 32.0 Å². The fraction of sp³-hybridized carbons (Fsp3) is 0.250. The zero-order valence-electron chi connectivity index (χ0n) is 18.5. The van der Waals surface area contributed by atoms with E-state index >= 15 is 0 Å². The first kappa shape index (κ1) is 21.8. The van der Waals surface area contributed by atoms with Crippen LogP contribution in [0.5, 0.6) is 0 Å². The molecule has 0 saturated heterocycles. The van der Waals surface area contributed by atoms with E-state index in [4.69, 9.17) is 4.52 Å². The smallest absolute Gasteiger partial charge is 0.237 e. The summed E-state index contributed by atoms with van der Waals surface area (Å²) in [6.45, 7) is 8.15. The molecule has 0 fully saturated rings. The number of carbonyl (C=O) groups is 1. The Morgan fingerprint density at radius 2 is 1.78 bits per heavy atom. The van der Waals surface area contributed by atoms with Crippen molar-refractivity contribution < 1.29 is 9.32 Å². The van der Waals surface area contributed by atoms with Crippen LogP contribution in [0.4, 0.5) is 5.88 Å². The van der Waals surface area contributed by atoms with Crippen LogP contribution >= 0.6 is 11.8 Å². The second-order valence-corrected chi connectivity index (χ2v) is 9.45. The lowest BCUT2D eigenvalue weighted by Gasteiger charge is -2.12. The third kappa shape index (κ3) is 4.91. The second-order valence-electron chi connectivity index (χ2n) is 8.51. The molecule has 0 aliphatic heterocycles. The van der Waals surface area contributed by atoms with Crippen LogP contribution in [0, 0.1) is 6.92 Å². The zero-order chi connectivity index (χ0) is 22.7. The molecular formula is C24H25N5O2S. The van der Waals surface area contributed by atoms with E-state index in [2.05, 4.69) is 20.7 Å². The summed E-state index contributed by atoms with van der Waals surface area (Å²) in [6, 6.07) is 19.8. The average molecular weight is 448 g/mol. The molecular weight excluding hydrogens is 422 g/mol. The molecule has 0 bridgehead atoms. The summed E-state index contributed by atoms with van der Waals surface area (Å²) >= 11 is 1.32. The van der Waals surface area contributed by atoms with Crippen LogP contribution in [0.3, 0.4) is 0 Å². The van der Waals surface area contributed by atoms with Crippen LogP contribution < -0.4 is 5.32 Å². The number of carbonyl (C=O) groups excluding carboxylic acids is 1. The molecule has 2 aromatic carbocycles. The van der Waals surface area contributed by atoms with Crippen LogP contribution in [0.15, 0.2) is 70.3 Å². The predicted octanol–water partition coefficient (Wildman–Crippen LogP) is 5.26. The third-order valence-corrected chi connectivity index (χ3v) is 5.76. The number of hydrogen-bond donors (Lipinski definition) is 1. The van der Waals surface area contributed by atoms with Crippen LogP contribution in [-0.4, -0.2) is 31.6 Å². The Kier molecular flexibility index (Phi) is 6.14. The highest BCUT2D eigenvalue weighted by Crippen LogP contribution is 2.28. The van der Waals surface area contributed by atoms with Crippen LogP contribution in [0.2, 0.25) is 0 Å².